The van der Waals surface area contributed by atoms with Crippen molar-refractivity contribution in [3.05, 3.63) is 63.4 Å². The van der Waals surface area contributed by atoms with Gasteiger partial charge in [0.05, 0.1) is 32.1 Å². The van der Waals surface area contributed by atoms with E-state index in [0.717, 1.165) is 18.4 Å². The number of nitrogens with one attached hydrogen (secondary N) is 1. The van der Waals surface area contributed by atoms with Gasteiger partial charge in [0, 0.05) is 6.26 Å². The Morgan fingerprint density at radius 3 is 2.48 bits per heavy atom. The fourth-order valence-electron chi connectivity index (χ4n) is 3.73. The maximum Gasteiger partial charge on any atom is 0.253 e. The van der Waals surface area contributed by atoms with Gasteiger partial charge in [-0.25, -0.2) is 17.2 Å². The van der Waals surface area contributed by atoms with Crippen LogP contribution in [-0.2, 0) is 9.84 Å². The van der Waals surface area contributed by atoms with E-state index in [-0.39, 0.29) is 51.8 Å². The minimum Gasteiger partial charge on any atom is -0.387 e. The molecule has 1 fully saturated rings. The zero-order valence-corrected chi connectivity index (χ0v) is 18.9. The minimum atomic E-state index is -3.61. The Bertz CT molecular complexity index is 1100. The summed E-state index contributed by atoms with van der Waals surface area (Å²) < 4.78 is 51.6. The van der Waals surface area contributed by atoms with Crippen molar-refractivity contribution in [1.29, 1.82) is 0 Å². The lowest BCUT2D eigenvalue weighted by molar-refractivity contribution is -0.0445. The third kappa shape index (κ3) is 5.19. The number of halogens is 4. The molecule has 0 radical (unpaired) electrons. The van der Waals surface area contributed by atoms with Crippen LogP contribution >= 0.6 is 23.2 Å². The Hall–Kier alpha value is -1.74. The van der Waals surface area contributed by atoms with Crippen molar-refractivity contribution < 1.29 is 27.1 Å². The van der Waals surface area contributed by atoms with Crippen LogP contribution in [0.25, 0.3) is 0 Å². The topological polar surface area (TPSA) is 83.5 Å². The Kier molecular flexibility index (Phi) is 6.96. The molecular formula is C21H21Cl2F2NO4S. The van der Waals surface area contributed by atoms with Gasteiger partial charge in [0.2, 0.25) is 0 Å². The summed E-state index contributed by atoms with van der Waals surface area (Å²) in [6.45, 7) is 0. The average molecular weight is 492 g/mol. The van der Waals surface area contributed by atoms with Gasteiger partial charge in [-0.05, 0) is 55.5 Å². The number of hydrogen-bond acceptors (Lipinski definition) is 4. The second-order valence-electron chi connectivity index (χ2n) is 7.74. The summed E-state index contributed by atoms with van der Waals surface area (Å²) in [5, 5.41) is 13.6. The highest BCUT2D eigenvalue weighted by Crippen LogP contribution is 2.42. The van der Waals surface area contributed by atoms with Gasteiger partial charge < -0.3 is 10.4 Å². The molecule has 2 aromatic carbocycles. The highest BCUT2D eigenvalue weighted by Gasteiger charge is 2.43. The number of amides is 1. The quantitative estimate of drug-likeness (QED) is 0.637. The summed E-state index contributed by atoms with van der Waals surface area (Å²) in [6.07, 6.45) is 0.0816. The number of alkyl halides is 1. The first-order valence-electron chi connectivity index (χ1n) is 9.53. The second kappa shape index (κ2) is 9.02. The minimum absolute atomic E-state index is 0.00607. The molecule has 0 aromatic heterocycles. The van der Waals surface area contributed by atoms with Crippen molar-refractivity contribution in [2.24, 2.45) is 0 Å². The van der Waals surface area contributed by atoms with Crippen LogP contribution in [0.5, 0.6) is 0 Å². The van der Waals surface area contributed by atoms with Crippen LogP contribution < -0.4 is 5.32 Å². The highest BCUT2D eigenvalue weighted by molar-refractivity contribution is 7.90. The molecule has 1 amide bonds. The molecule has 1 aliphatic rings. The molecule has 1 atom stereocenters. The van der Waals surface area contributed by atoms with Gasteiger partial charge in [0.1, 0.15) is 12.0 Å². The molecule has 1 unspecified atom stereocenters. The number of hydrogen-bond donors (Lipinski definition) is 2. The molecular weight excluding hydrogens is 471 g/mol. The maximum absolute atomic E-state index is 14.1. The highest BCUT2D eigenvalue weighted by atomic mass is 35.5. The van der Waals surface area contributed by atoms with Crippen LogP contribution in [0.3, 0.4) is 0 Å². The van der Waals surface area contributed by atoms with E-state index in [1.54, 1.807) is 0 Å². The SMILES string of the molecule is CS(=O)(=O)c1ccc(Cl)c(C(=O)NC(c2cccc(F)c2Cl)[C@]2(O)CC[C@@H](F)CC2)c1. The molecule has 0 heterocycles. The van der Waals surface area contributed by atoms with Crippen LogP contribution in [0.1, 0.15) is 47.6 Å². The first-order valence-corrected chi connectivity index (χ1v) is 12.2. The predicted molar refractivity (Wildman–Crippen MR) is 114 cm³/mol. The molecule has 5 nitrogen and oxygen atoms in total. The normalized spacial score (nSPS) is 22.7. The number of aliphatic hydroxyl groups is 1. The average Bonchev–Trinajstić information content (AvgIpc) is 2.70. The number of carbonyl (C=O) groups excluding carboxylic acids is 1. The third-order valence-corrected chi connectivity index (χ3v) is 7.34. The standard InChI is InChI=1S/C21H21Cl2F2NO4S/c1-31(29,30)13-5-6-16(22)15(11-13)20(27)26-19(14-3-2-4-17(25)18(14)23)21(28)9-7-12(24)8-10-21/h2-6,11-12,19,28H,7-10H2,1H3,(H,26,27)/t12-,19?,21+. The summed E-state index contributed by atoms with van der Waals surface area (Å²) in [7, 11) is -3.61. The van der Waals surface area contributed by atoms with Crippen LogP contribution in [0.2, 0.25) is 10.0 Å². The molecule has 1 saturated carbocycles. The van der Waals surface area contributed by atoms with E-state index >= 15 is 0 Å². The summed E-state index contributed by atoms with van der Waals surface area (Å²) in [6, 6.07) is 6.49. The van der Waals surface area contributed by atoms with Crippen molar-refractivity contribution in [3.63, 3.8) is 0 Å². The zero-order valence-electron chi connectivity index (χ0n) is 16.5. The van der Waals surface area contributed by atoms with E-state index in [9.17, 15) is 27.1 Å². The van der Waals surface area contributed by atoms with E-state index in [4.69, 9.17) is 23.2 Å². The summed E-state index contributed by atoms with van der Waals surface area (Å²) in [4.78, 5) is 12.9. The van der Waals surface area contributed by atoms with Crippen LogP contribution in [0.4, 0.5) is 8.78 Å². The van der Waals surface area contributed by atoms with Crippen LogP contribution in [0.15, 0.2) is 41.3 Å². The lowest BCUT2D eigenvalue weighted by Crippen LogP contribution is -2.48. The largest absolute Gasteiger partial charge is 0.387 e. The van der Waals surface area contributed by atoms with Crippen molar-refractivity contribution >= 4 is 38.9 Å². The van der Waals surface area contributed by atoms with Crippen molar-refractivity contribution in [2.75, 3.05) is 6.26 Å². The predicted octanol–water partition coefficient (Wildman–Crippen LogP) is 4.65. The van der Waals surface area contributed by atoms with E-state index < -0.39 is 39.4 Å². The first-order chi connectivity index (χ1) is 14.4. The Balaban J connectivity index is 2.03. The molecule has 2 N–H and O–H groups in total. The van der Waals surface area contributed by atoms with Crippen molar-refractivity contribution in [2.45, 2.75) is 48.4 Å². The molecule has 1 aliphatic carbocycles. The van der Waals surface area contributed by atoms with E-state index in [2.05, 4.69) is 5.32 Å². The number of benzene rings is 2. The lowest BCUT2D eigenvalue weighted by atomic mass is 9.76. The van der Waals surface area contributed by atoms with Gasteiger partial charge in [0.15, 0.2) is 9.84 Å². The first kappa shape index (κ1) is 23.9. The van der Waals surface area contributed by atoms with E-state index in [1.807, 2.05) is 0 Å². The maximum atomic E-state index is 14.1. The van der Waals surface area contributed by atoms with Crippen molar-refractivity contribution in [3.8, 4) is 0 Å². The van der Waals surface area contributed by atoms with Crippen LogP contribution in [-0.4, -0.2) is 37.5 Å². The molecule has 0 bridgehead atoms. The Labute approximate surface area is 189 Å². The van der Waals surface area contributed by atoms with E-state index in [1.165, 1.54) is 24.3 Å². The zero-order chi connectivity index (χ0) is 23.0. The molecule has 0 spiro atoms. The number of sulfone groups is 1. The van der Waals surface area contributed by atoms with Gasteiger partial charge in [-0.15, -0.1) is 0 Å². The fraction of sp³-hybridized carbons (Fsp3) is 0.381. The van der Waals surface area contributed by atoms with Gasteiger partial charge in [-0.3, -0.25) is 4.79 Å². The van der Waals surface area contributed by atoms with Crippen molar-refractivity contribution in [1.82, 2.24) is 5.32 Å². The molecule has 0 saturated heterocycles. The monoisotopic (exact) mass is 491 g/mol. The molecule has 0 aliphatic heterocycles. The Morgan fingerprint density at radius 1 is 1.23 bits per heavy atom. The molecule has 2 aromatic rings. The Morgan fingerprint density at radius 2 is 1.87 bits per heavy atom. The van der Waals surface area contributed by atoms with E-state index in [0.29, 0.717) is 0 Å². The summed E-state index contributed by atoms with van der Waals surface area (Å²) in [5.41, 5.74) is -1.59. The van der Waals surface area contributed by atoms with Gasteiger partial charge >= 0.3 is 0 Å². The molecule has 3 rings (SSSR count). The third-order valence-electron chi connectivity index (χ3n) is 5.50. The number of carbonyl (C=O) groups is 1. The molecule has 10 heteroatoms. The van der Waals surface area contributed by atoms with Gasteiger partial charge in [0.25, 0.3) is 5.91 Å². The summed E-state index contributed by atoms with van der Waals surface area (Å²) in [5.74, 6) is -1.52. The van der Waals surface area contributed by atoms with Gasteiger partial charge in [-0.2, -0.15) is 0 Å². The summed E-state index contributed by atoms with van der Waals surface area (Å²) >= 11 is 12.2. The lowest BCUT2D eigenvalue weighted by Gasteiger charge is -2.41. The van der Waals surface area contributed by atoms with Crippen LogP contribution in [0, 0.1) is 5.82 Å². The van der Waals surface area contributed by atoms with Gasteiger partial charge in [-0.1, -0.05) is 35.3 Å². The smallest absolute Gasteiger partial charge is 0.253 e. The second-order valence-corrected chi connectivity index (χ2v) is 10.5. The number of rotatable bonds is 5. The molecule has 168 valence electrons. The molecule has 31 heavy (non-hydrogen) atoms. The fourth-order valence-corrected chi connectivity index (χ4v) is 4.82.